The van der Waals surface area contributed by atoms with Gasteiger partial charge in [-0.15, -0.1) is 0 Å². The average Bonchev–Trinajstić information content (AvgIpc) is 3.63. The number of nitrogens with zero attached hydrogens (tertiary/aromatic N) is 5. The summed E-state index contributed by atoms with van der Waals surface area (Å²) in [5.41, 5.74) is -1.43. The van der Waals surface area contributed by atoms with Gasteiger partial charge in [0, 0.05) is 50.0 Å². The van der Waals surface area contributed by atoms with Gasteiger partial charge < -0.3 is 48.2 Å². The molecule has 16 heteroatoms. The largest absolute Gasteiger partial charge is 0.459 e. The van der Waals surface area contributed by atoms with E-state index in [0.717, 1.165) is 5.56 Å². The van der Waals surface area contributed by atoms with Crippen LogP contribution in [0.2, 0.25) is 0 Å². The van der Waals surface area contributed by atoms with Crippen LogP contribution in [0.25, 0.3) is 0 Å². The molecule has 60 heavy (non-hydrogen) atoms. The molecule has 0 spiro atoms. The fourth-order valence-electron chi connectivity index (χ4n) is 8.61. The minimum atomic E-state index is -1.83. The van der Waals surface area contributed by atoms with Crippen molar-refractivity contribution in [2.75, 3.05) is 27.3 Å². The van der Waals surface area contributed by atoms with Crippen LogP contribution in [0.4, 0.5) is 0 Å². The number of esters is 1. The zero-order valence-electron chi connectivity index (χ0n) is 36.8. The molecule has 16 nitrogen and oxygen atoms in total. The molecule has 4 heterocycles. The number of benzene rings is 1. The van der Waals surface area contributed by atoms with Crippen molar-refractivity contribution in [2.45, 2.75) is 148 Å². The highest BCUT2D eigenvalue weighted by molar-refractivity contribution is 6.00. The smallest absolute Gasteiger partial charge is 0.316 e. The van der Waals surface area contributed by atoms with Gasteiger partial charge in [-0.3, -0.25) is 14.4 Å². The Morgan fingerprint density at radius 2 is 1.82 bits per heavy atom. The van der Waals surface area contributed by atoms with Gasteiger partial charge in [0.2, 0.25) is 5.91 Å². The summed E-state index contributed by atoms with van der Waals surface area (Å²) in [6.45, 7) is 13.5. The predicted molar refractivity (Wildman–Crippen MR) is 222 cm³/mol. The Hall–Kier alpha value is -3.90. The van der Waals surface area contributed by atoms with Crippen LogP contribution in [0.3, 0.4) is 0 Å². The summed E-state index contributed by atoms with van der Waals surface area (Å²) >= 11 is 0. The van der Waals surface area contributed by atoms with Crippen molar-refractivity contribution >= 4 is 29.1 Å². The van der Waals surface area contributed by atoms with Crippen molar-refractivity contribution in [1.29, 1.82) is 0 Å². The molecule has 2 aromatic rings. The Morgan fingerprint density at radius 1 is 1.10 bits per heavy atom. The van der Waals surface area contributed by atoms with Gasteiger partial charge in [0.1, 0.15) is 35.3 Å². The Morgan fingerprint density at radius 3 is 2.48 bits per heavy atom. The Kier molecular flexibility index (Phi) is 16.0. The zero-order chi connectivity index (χ0) is 43.9. The lowest BCUT2D eigenvalue weighted by Crippen LogP contribution is -2.59. The number of aromatic nitrogens is 2. The van der Waals surface area contributed by atoms with Crippen LogP contribution >= 0.6 is 0 Å². The minimum absolute atomic E-state index is 0.0132. The summed E-state index contributed by atoms with van der Waals surface area (Å²) in [5, 5.41) is 28.4. The number of hydrogen-bond acceptors (Lipinski definition) is 14. The number of aliphatic hydroxyl groups is 2. The van der Waals surface area contributed by atoms with Crippen LogP contribution in [0.5, 0.6) is 0 Å². The van der Waals surface area contributed by atoms with Crippen LogP contribution in [-0.4, -0.2) is 135 Å². The molecule has 12 atom stereocenters. The number of ketones is 1. The number of carbonyl (C=O) groups is 3. The lowest BCUT2D eigenvalue weighted by Gasteiger charge is -2.47. The first-order valence-corrected chi connectivity index (χ1v) is 21.0. The minimum Gasteiger partial charge on any atom is -0.459 e. The number of fused-ring (bicyclic) bond motifs is 5. The van der Waals surface area contributed by atoms with Gasteiger partial charge in [-0.2, -0.15) is 0 Å². The molecule has 0 saturated carbocycles. The van der Waals surface area contributed by atoms with Crippen molar-refractivity contribution in [1.82, 2.24) is 14.5 Å². The average molecular weight is 840 g/mol. The van der Waals surface area contributed by atoms with E-state index in [4.69, 9.17) is 28.5 Å². The third kappa shape index (κ3) is 11.3. The predicted octanol–water partition coefficient (Wildman–Crippen LogP) is 4.12. The summed E-state index contributed by atoms with van der Waals surface area (Å²) in [6.07, 6.45) is -1.51. The third-order valence-electron chi connectivity index (χ3n) is 12.2. The number of cyclic esters (lactones) is 1. The number of carbonyl (C=O) groups excluding carboxylic acids is 3. The molecule has 1 amide bonds. The lowest BCUT2D eigenvalue weighted by molar-refractivity contribution is -0.296. The number of ether oxygens (including phenoxy) is 5. The summed E-state index contributed by atoms with van der Waals surface area (Å²) in [5.74, 6) is -3.93. The molecular formula is C44H65N5O11. The van der Waals surface area contributed by atoms with Gasteiger partial charge in [0.25, 0.3) is 0 Å². The number of rotatable bonds is 9. The standard InChI is InChI=1S/C44H65N5O11/c1-11-35-44(8,54)36-20-33(46-30(6)50)26(2)21-43(7,56-24-32(23-55-36)47-57-25-37-45-17-18-49(37)22-31-15-13-12-14-16-31)40(28(4)38(51)29(5)41(53)59-35)60-42-39(52)34(48(9)10)19-27(3)58-42/h12-18,26-29,34-36,39-40,42,52,54H,11,19-25H2,1-10H3/b46-33?,47-32-/t26-,27-,28+,29-,34+,35-,36-,39-,40-,42+,43-,44-/m1/s1. The van der Waals surface area contributed by atoms with E-state index < -0.39 is 77.3 Å². The van der Waals surface area contributed by atoms with Crippen LogP contribution in [0, 0.1) is 17.8 Å². The molecule has 2 bridgehead atoms. The highest BCUT2D eigenvalue weighted by atomic mass is 16.7. The fraction of sp³-hybridized carbons (Fsp3) is 0.682. The molecule has 332 valence electrons. The number of imidazole rings is 1. The van der Waals surface area contributed by atoms with Crippen molar-refractivity contribution in [3.05, 3.63) is 54.1 Å². The van der Waals surface area contributed by atoms with Gasteiger partial charge in [0.05, 0.1) is 37.1 Å². The Bertz CT molecular complexity index is 1830. The number of amides is 1. The normalized spacial score (nSPS) is 36.4. The molecule has 3 aliphatic heterocycles. The van der Waals surface area contributed by atoms with Gasteiger partial charge in [0.15, 0.2) is 18.7 Å². The maximum Gasteiger partial charge on any atom is 0.316 e. The molecular weight excluding hydrogens is 775 g/mol. The second-order valence-electron chi connectivity index (χ2n) is 17.3. The van der Waals surface area contributed by atoms with Gasteiger partial charge in [-0.05, 0) is 72.5 Å². The number of oxime groups is 1. The van der Waals surface area contributed by atoms with E-state index in [1.165, 1.54) is 20.8 Å². The number of aliphatic imine (C=N–C) groups is 1. The second-order valence-corrected chi connectivity index (χ2v) is 17.3. The molecule has 2 N–H and O–H groups in total. The van der Waals surface area contributed by atoms with Crippen molar-refractivity contribution in [3.63, 3.8) is 0 Å². The van der Waals surface area contributed by atoms with E-state index in [0.29, 0.717) is 30.2 Å². The Balaban J connectivity index is 1.61. The number of hydrogen-bond donors (Lipinski definition) is 2. The first-order chi connectivity index (χ1) is 28.3. The summed E-state index contributed by atoms with van der Waals surface area (Å²) in [7, 11) is 3.73. The molecule has 1 aromatic heterocycles. The SMILES string of the molecule is CC[C@H]1OC(=O)[C@H](C)C(=O)[C@H](C)[C@@H](O[C@@H]2O[C@H](C)C[C@H](N(C)C)[C@H]2O)[C@@]2(C)C[C@@H](C)C(=NC(C)=O)C[C@@H](OC/C(=N/OCc3nccn3Cc3ccccc3)CO2)[C@]1(C)O. The number of Topliss-reactive ketones (excluding diaryl/α,β-unsaturated/α-hetero) is 1. The molecule has 0 unspecified atom stereocenters. The van der Waals surface area contributed by atoms with Crippen LogP contribution in [-0.2, 0) is 56.1 Å². The third-order valence-corrected chi connectivity index (χ3v) is 12.2. The fourth-order valence-corrected chi connectivity index (χ4v) is 8.61. The first-order valence-electron chi connectivity index (χ1n) is 21.0. The maximum atomic E-state index is 14.5. The summed E-state index contributed by atoms with van der Waals surface area (Å²) in [6, 6.07) is 9.63. The highest BCUT2D eigenvalue weighted by Gasteiger charge is 2.51. The van der Waals surface area contributed by atoms with Crippen LogP contribution in [0.1, 0.15) is 92.5 Å². The molecule has 3 saturated heterocycles. The topological polar surface area (TPSA) is 193 Å². The van der Waals surface area contributed by atoms with Crippen LogP contribution < -0.4 is 0 Å². The summed E-state index contributed by atoms with van der Waals surface area (Å²) in [4.78, 5) is 57.8. The molecule has 3 aliphatic rings. The van der Waals surface area contributed by atoms with Gasteiger partial charge in [-0.1, -0.05) is 56.3 Å². The van der Waals surface area contributed by atoms with E-state index >= 15 is 0 Å². The second kappa shape index (κ2) is 20.3. The monoisotopic (exact) mass is 839 g/mol. The van der Waals surface area contributed by atoms with E-state index in [-0.39, 0.29) is 51.2 Å². The molecule has 0 radical (unpaired) electrons. The van der Waals surface area contributed by atoms with Gasteiger partial charge >= 0.3 is 5.97 Å². The molecule has 1 aromatic carbocycles. The van der Waals surface area contributed by atoms with E-state index in [1.807, 2.05) is 73.9 Å². The maximum absolute atomic E-state index is 14.5. The molecule has 0 aliphatic carbocycles. The van der Waals surface area contributed by atoms with E-state index in [1.54, 1.807) is 27.0 Å². The quantitative estimate of drug-likeness (QED) is 0.208. The summed E-state index contributed by atoms with van der Waals surface area (Å²) < 4.78 is 34.3. The lowest BCUT2D eigenvalue weighted by atomic mass is 9.76. The number of aliphatic hydroxyl groups excluding tert-OH is 1. The van der Waals surface area contributed by atoms with Crippen molar-refractivity contribution in [2.24, 2.45) is 27.9 Å². The van der Waals surface area contributed by atoms with Crippen molar-refractivity contribution in [3.8, 4) is 0 Å². The zero-order valence-corrected chi connectivity index (χ0v) is 36.8. The molecule has 5 rings (SSSR count). The first kappa shape index (κ1) is 47.2. The molecule has 3 fully saturated rings. The highest BCUT2D eigenvalue weighted by Crippen LogP contribution is 2.39. The van der Waals surface area contributed by atoms with Crippen molar-refractivity contribution < 1.29 is 53.1 Å². The van der Waals surface area contributed by atoms with Gasteiger partial charge in [-0.25, -0.2) is 9.98 Å². The van der Waals surface area contributed by atoms with E-state index in [2.05, 4.69) is 15.1 Å². The van der Waals surface area contributed by atoms with Crippen LogP contribution in [0.15, 0.2) is 52.9 Å². The number of likely N-dealkylation sites (N-methyl/N-ethyl adjacent to an activating group) is 1. The van der Waals surface area contributed by atoms with E-state index in [9.17, 15) is 24.6 Å². The Labute approximate surface area is 353 Å².